The molecular weight excluding hydrogens is 525 g/mol. The van der Waals surface area contributed by atoms with Crippen LogP contribution in [0.5, 0.6) is 0 Å². The van der Waals surface area contributed by atoms with Gasteiger partial charge in [0.05, 0.1) is 4.90 Å². The van der Waals surface area contributed by atoms with Gasteiger partial charge < -0.3 is 10.6 Å². The molecule has 0 amide bonds. The predicted octanol–water partition coefficient (Wildman–Crippen LogP) is 2.41. The molecular formula is C22H32IN5O2S. The third-order valence-corrected chi connectivity index (χ3v) is 6.74. The summed E-state index contributed by atoms with van der Waals surface area (Å²) >= 11 is 0. The van der Waals surface area contributed by atoms with Gasteiger partial charge in [-0.3, -0.25) is 9.89 Å². The van der Waals surface area contributed by atoms with Crippen LogP contribution in [-0.2, 0) is 16.6 Å². The minimum atomic E-state index is -3.49. The van der Waals surface area contributed by atoms with Crippen molar-refractivity contribution in [3.05, 3.63) is 66.2 Å². The first-order valence-electron chi connectivity index (χ1n) is 10.3. The van der Waals surface area contributed by atoms with E-state index in [1.54, 1.807) is 37.4 Å². The molecule has 1 aliphatic rings. The van der Waals surface area contributed by atoms with Gasteiger partial charge in [0.25, 0.3) is 0 Å². The van der Waals surface area contributed by atoms with E-state index in [0.717, 1.165) is 19.5 Å². The van der Waals surface area contributed by atoms with Crippen LogP contribution in [0.15, 0.2) is 70.6 Å². The van der Waals surface area contributed by atoms with Crippen LogP contribution >= 0.6 is 24.0 Å². The molecule has 2 aromatic carbocycles. The highest BCUT2D eigenvalue weighted by Crippen LogP contribution is 2.20. The monoisotopic (exact) mass is 557 g/mol. The second kappa shape index (κ2) is 12.4. The molecule has 2 unspecified atom stereocenters. The van der Waals surface area contributed by atoms with Crippen LogP contribution in [-0.4, -0.2) is 58.0 Å². The van der Waals surface area contributed by atoms with E-state index in [2.05, 4.69) is 56.4 Å². The molecule has 2 atom stereocenters. The van der Waals surface area contributed by atoms with Crippen LogP contribution < -0.4 is 15.4 Å². The average molecular weight is 558 g/mol. The van der Waals surface area contributed by atoms with Crippen molar-refractivity contribution in [3.63, 3.8) is 0 Å². The highest BCUT2D eigenvalue weighted by molar-refractivity contribution is 14.0. The van der Waals surface area contributed by atoms with Gasteiger partial charge in [-0.25, -0.2) is 13.1 Å². The molecule has 1 fully saturated rings. The summed E-state index contributed by atoms with van der Waals surface area (Å²) in [5.74, 6) is 0.688. The van der Waals surface area contributed by atoms with Gasteiger partial charge in [0.2, 0.25) is 10.0 Å². The molecule has 3 rings (SSSR count). The molecule has 0 spiro atoms. The standard InChI is InChI=1S/C22H31N5O2S.HI/c1-18-15-20(17-27(18)16-19-9-5-3-6-10-19)26-22(23-2)24-13-14-25-30(28,29)21-11-7-4-8-12-21;/h3-12,18,20,25H,13-17H2,1-2H3,(H2,23,24,26);1H. The van der Waals surface area contributed by atoms with E-state index in [4.69, 9.17) is 0 Å². The Balaban J connectivity index is 0.00000341. The Kier molecular flexibility index (Phi) is 10.2. The zero-order valence-electron chi connectivity index (χ0n) is 18.0. The van der Waals surface area contributed by atoms with Crippen molar-refractivity contribution in [1.29, 1.82) is 0 Å². The molecule has 2 aromatic rings. The predicted molar refractivity (Wildman–Crippen MR) is 136 cm³/mol. The van der Waals surface area contributed by atoms with Crippen molar-refractivity contribution in [2.24, 2.45) is 4.99 Å². The quantitative estimate of drug-likeness (QED) is 0.201. The summed E-state index contributed by atoms with van der Waals surface area (Å²) in [5.41, 5.74) is 1.32. The van der Waals surface area contributed by atoms with E-state index in [0.29, 0.717) is 24.6 Å². The van der Waals surface area contributed by atoms with Gasteiger partial charge in [-0.1, -0.05) is 48.5 Å². The Hall–Kier alpha value is -1.69. The Morgan fingerprint density at radius 3 is 2.35 bits per heavy atom. The topological polar surface area (TPSA) is 85.8 Å². The molecule has 0 aromatic heterocycles. The first kappa shape index (κ1) is 25.6. The van der Waals surface area contributed by atoms with Crippen molar-refractivity contribution in [1.82, 2.24) is 20.3 Å². The van der Waals surface area contributed by atoms with Crippen LogP contribution in [0.25, 0.3) is 0 Å². The zero-order valence-corrected chi connectivity index (χ0v) is 21.1. The lowest BCUT2D eigenvalue weighted by atomic mass is 10.2. The first-order valence-corrected chi connectivity index (χ1v) is 11.8. The van der Waals surface area contributed by atoms with E-state index in [9.17, 15) is 8.42 Å². The lowest BCUT2D eigenvalue weighted by molar-refractivity contribution is 0.258. The van der Waals surface area contributed by atoms with Gasteiger partial charge in [-0.15, -0.1) is 24.0 Å². The summed E-state index contributed by atoms with van der Waals surface area (Å²) in [6.07, 6.45) is 1.04. The van der Waals surface area contributed by atoms with Crippen LogP contribution in [0, 0.1) is 0 Å². The fourth-order valence-electron chi connectivity index (χ4n) is 3.68. The van der Waals surface area contributed by atoms with Crippen LogP contribution in [0.2, 0.25) is 0 Å². The van der Waals surface area contributed by atoms with Gasteiger partial charge >= 0.3 is 0 Å². The molecule has 0 aliphatic carbocycles. The number of hydrogen-bond donors (Lipinski definition) is 3. The number of likely N-dealkylation sites (tertiary alicyclic amines) is 1. The van der Waals surface area contributed by atoms with Crippen molar-refractivity contribution < 1.29 is 8.42 Å². The third-order valence-electron chi connectivity index (χ3n) is 5.26. The molecule has 3 N–H and O–H groups in total. The maximum Gasteiger partial charge on any atom is 0.240 e. The molecule has 0 radical (unpaired) electrons. The van der Waals surface area contributed by atoms with E-state index in [1.165, 1.54) is 5.56 Å². The van der Waals surface area contributed by atoms with E-state index in [1.807, 2.05) is 6.07 Å². The molecule has 7 nitrogen and oxygen atoms in total. The highest BCUT2D eigenvalue weighted by Gasteiger charge is 2.29. The lowest BCUT2D eigenvalue weighted by Gasteiger charge is -2.21. The average Bonchev–Trinajstić information content (AvgIpc) is 3.10. The van der Waals surface area contributed by atoms with Crippen molar-refractivity contribution in [3.8, 4) is 0 Å². The Morgan fingerprint density at radius 2 is 1.71 bits per heavy atom. The number of benzene rings is 2. The molecule has 31 heavy (non-hydrogen) atoms. The second-order valence-electron chi connectivity index (χ2n) is 7.55. The third kappa shape index (κ3) is 7.74. The van der Waals surface area contributed by atoms with Crippen LogP contribution in [0.3, 0.4) is 0 Å². The number of nitrogens with one attached hydrogen (secondary N) is 3. The van der Waals surface area contributed by atoms with Crippen LogP contribution in [0.1, 0.15) is 18.9 Å². The Labute approximate surface area is 202 Å². The van der Waals surface area contributed by atoms with Crippen molar-refractivity contribution >= 4 is 40.0 Å². The second-order valence-corrected chi connectivity index (χ2v) is 9.32. The van der Waals surface area contributed by atoms with Gasteiger partial charge in [0, 0.05) is 45.3 Å². The molecule has 1 aliphatic heterocycles. The molecule has 1 heterocycles. The smallest absolute Gasteiger partial charge is 0.240 e. The summed E-state index contributed by atoms with van der Waals surface area (Å²) < 4.78 is 27.1. The fourth-order valence-corrected chi connectivity index (χ4v) is 4.73. The number of rotatable bonds is 8. The lowest BCUT2D eigenvalue weighted by Crippen LogP contribution is -2.46. The number of aliphatic imine (C=N–C) groups is 1. The minimum absolute atomic E-state index is 0. The maximum atomic E-state index is 12.3. The zero-order chi connectivity index (χ0) is 21.4. The number of halogens is 1. The molecule has 0 bridgehead atoms. The minimum Gasteiger partial charge on any atom is -0.355 e. The number of sulfonamides is 1. The Morgan fingerprint density at radius 1 is 1.06 bits per heavy atom. The van der Waals surface area contributed by atoms with Gasteiger partial charge in [0.1, 0.15) is 0 Å². The van der Waals surface area contributed by atoms with Crippen molar-refractivity contribution in [2.45, 2.75) is 36.9 Å². The van der Waals surface area contributed by atoms with Gasteiger partial charge in [-0.05, 0) is 31.0 Å². The first-order chi connectivity index (χ1) is 14.5. The van der Waals surface area contributed by atoms with Crippen LogP contribution in [0.4, 0.5) is 0 Å². The number of guanidine groups is 1. The molecule has 0 saturated carbocycles. The molecule has 9 heteroatoms. The normalized spacial score (nSPS) is 19.6. The molecule has 1 saturated heterocycles. The summed E-state index contributed by atoms with van der Waals surface area (Å²) in [4.78, 5) is 7.01. The summed E-state index contributed by atoms with van der Waals surface area (Å²) in [7, 11) is -1.76. The summed E-state index contributed by atoms with van der Waals surface area (Å²) in [6, 6.07) is 19.7. The highest BCUT2D eigenvalue weighted by atomic mass is 127. The van der Waals surface area contributed by atoms with E-state index < -0.39 is 10.0 Å². The van der Waals surface area contributed by atoms with Crippen molar-refractivity contribution in [2.75, 3.05) is 26.7 Å². The largest absolute Gasteiger partial charge is 0.355 e. The number of nitrogens with zero attached hydrogens (tertiary/aromatic N) is 2. The number of hydrogen-bond acceptors (Lipinski definition) is 4. The molecule has 170 valence electrons. The summed E-state index contributed by atoms with van der Waals surface area (Å²) in [5, 5.41) is 6.65. The Bertz CT molecular complexity index is 925. The van der Waals surface area contributed by atoms with Gasteiger partial charge in [0.15, 0.2) is 5.96 Å². The fraction of sp³-hybridized carbons (Fsp3) is 0.409. The SMILES string of the molecule is CN=C(NCCNS(=O)(=O)c1ccccc1)NC1CC(C)N(Cc2ccccc2)C1.I. The van der Waals surface area contributed by atoms with E-state index >= 15 is 0 Å². The van der Waals surface area contributed by atoms with Gasteiger partial charge in [-0.2, -0.15) is 0 Å². The maximum absolute atomic E-state index is 12.3. The van der Waals surface area contributed by atoms with E-state index in [-0.39, 0.29) is 35.4 Å². The summed E-state index contributed by atoms with van der Waals surface area (Å²) in [6.45, 7) is 4.85.